The fourth-order valence-corrected chi connectivity index (χ4v) is 4.86. The molecule has 0 saturated carbocycles. The van der Waals surface area contributed by atoms with Crippen LogP contribution in [0.1, 0.15) is 22.3 Å². The summed E-state index contributed by atoms with van der Waals surface area (Å²) < 4.78 is 27.2. The first-order chi connectivity index (χ1) is 17.6. The second-order valence-corrected chi connectivity index (χ2v) is 9.60. The monoisotopic (exact) mass is 540 g/mol. The standard InChI is InChI=1S/C26H18F2N2O5S2/c27-19-7-4-16(12-20(19)28)15-3-1-2-14(10-15)11-22-24(33)30(26(36)37-22)9-8-23(32)29-17-5-6-18(25(34)35)21(31)13-17/h1-7,10-13,31H,8-9H2,(H,29,32)(H,34,35)/b22-11-. The predicted molar refractivity (Wildman–Crippen MR) is 140 cm³/mol. The van der Waals surface area contributed by atoms with Gasteiger partial charge in [0.2, 0.25) is 5.91 Å². The summed E-state index contributed by atoms with van der Waals surface area (Å²) in [4.78, 5) is 37.9. The van der Waals surface area contributed by atoms with Crippen molar-refractivity contribution in [3.8, 4) is 16.9 Å². The van der Waals surface area contributed by atoms with Crippen molar-refractivity contribution in [2.75, 3.05) is 11.9 Å². The lowest BCUT2D eigenvalue weighted by molar-refractivity contribution is -0.122. The number of carboxylic acid groups (broad SMARTS) is 1. The number of carbonyl (C=O) groups excluding carboxylic acids is 2. The molecule has 7 nitrogen and oxygen atoms in total. The van der Waals surface area contributed by atoms with E-state index in [9.17, 15) is 28.3 Å². The third kappa shape index (κ3) is 6.01. The Bertz CT molecular complexity index is 1480. The Balaban J connectivity index is 1.41. The number of thiocarbonyl (C=S) groups is 1. The van der Waals surface area contributed by atoms with Gasteiger partial charge in [0.05, 0.1) is 4.91 Å². The van der Waals surface area contributed by atoms with Gasteiger partial charge in [-0.3, -0.25) is 14.5 Å². The minimum absolute atomic E-state index is 0.0158. The van der Waals surface area contributed by atoms with Crippen LogP contribution in [0.25, 0.3) is 17.2 Å². The molecule has 1 aliphatic rings. The van der Waals surface area contributed by atoms with Crippen LogP contribution in [0.2, 0.25) is 0 Å². The molecule has 3 N–H and O–H groups in total. The molecule has 1 aliphatic heterocycles. The van der Waals surface area contributed by atoms with Gasteiger partial charge in [0.25, 0.3) is 5.91 Å². The zero-order chi connectivity index (χ0) is 26.7. The van der Waals surface area contributed by atoms with Crippen LogP contribution in [0.15, 0.2) is 65.6 Å². The van der Waals surface area contributed by atoms with E-state index < -0.39 is 29.3 Å². The van der Waals surface area contributed by atoms with Gasteiger partial charge in [-0.25, -0.2) is 13.6 Å². The summed E-state index contributed by atoms with van der Waals surface area (Å²) in [5, 5.41) is 21.3. The Labute approximate surface area is 219 Å². The highest BCUT2D eigenvalue weighted by Crippen LogP contribution is 2.33. The lowest BCUT2D eigenvalue weighted by atomic mass is 10.0. The molecule has 188 valence electrons. The van der Waals surface area contributed by atoms with Gasteiger partial charge in [0.15, 0.2) is 11.6 Å². The molecule has 0 spiro atoms. The third-order valence-corrected chi connectivity index (χ3v) is 6.76. The van der Waals surface area contributed by atoms with E-state index in [0.29, 0.717) is 21.6 Å². The number of carboxylic acids is 1. The number of aromatic hydroxyl groups is 1. The molecule has 0 radical (unpaired) electrons. The Morgan fingerprint density at radius 2 is 1.78 bits per heavy atom. The Hall–Kier alpha value is -4.09. The first-order valence-corrected chi connectivity index (χ1v) is 12.0. The number of aromatic carboxylic acids is 1. The topological polar surface area (TPSA) is 107 Å². The molecule has 1 heterocycles. The summed E-state index contributed by atoms with van der Waals surface area (Å²) in [6.07, 6.45) is 1.54. The van der Waals surface area contributed by atoms with Crippen molar-refractivity contribution < 1.29 is 33.4 Å². The number of anilines is 1. The minimum atomic E-state index is -1.30. The van der Waals surface area contributed by atoms with E-state index in [1.165, 1.54) is 23.1 Å². The maximum absolute atomic E-state index is 13.6. The van der Waals surface area contributed by atoms with Gasteiger partial charge in [-0.15, -0.1) is 0 Å². The number of phenols is 1. The molecule has 1 saturated heterocycles. The highest BCUT2D eigenvalue weighted by Gasteiger charge is 2.32. The first-order valence-electron chi connectivity index (χ1n) is 10.8. The number of nitrogens with zero attached hydrogens (tertiary/aromatic N) is 1. The van der Waals surface area contributed by atoms with Crippen molar-refractivity contribution in [3.05, 3.63) is 88.3 Å². The van der Waals surface area contributed by atoms with Crippen molar-refractivity contribution >= 4 is 57.8 Å². The zero-order valence-electron chi connectivity index (χ0n) is 18.9. The normalized spacial score (nSPS) is 14.3. The zero-order valence-corrected chi connectivity index (χ0v) is 20.5. The fraction of sp³-hybridized carbons (Fsp3) is 0.0769. The number of thioether (sulfide) groups is 1. The molecule has 3 aromatic rings. The summed E-state index contributed by atoms with van der Waals surface area (Å²) in [5.74, 6) is -4.51. The van der Waals surface area contributed by atoms with Crippen molar-refractivity contribution in [2.24, 2.45) is 0 Å². The number of carbonyl (C=O) groups is 3. The van der Waals surface area contributed by atoms with Crippen LogP contribution in [0.5, 0.6) is 5.75 Å². The van der Waals surface area contributed by atoms with Crippen LogP contribution in [0.3, 0.4) is 0 Å². The van der Waals surface area contributed by atoms with E-state index in [4.69, 9.17) is 17.3 Å². The van der Waals surface area contributed by atoms with Gasteiger partial charge in [0.1, 0.15) is 15.6 Å². The van der Waals surface area contributed by atoms with Crippen LogP contribution >= 0.6 is 24.0 Å². The maximum atomic E-state index is 13.6. The Morgan fingerprint density at radius 3 is 2.49 bits per heavy atom. The van der Waals surface area contributed by atoms with E-state index in [2.05, 4.69) is 5.32 Å². The number of hydrogen-bond acceptors (Lipinski definition) is 6. The largest absolute Gasteiger partial charge is 0.507 e. The highest BCUT2D eigenvalue weighted by atomic mass is 32.2. The minimum Gasteiger partial charge on any atom is -0.507 e. The summed E-state index contributed by atoms with van der Waals surface area (Å²) in [6.45, 7) is 0.0158. The molecule has 0 aliphatic carbocycles. The van der Waals surface area contributed by atoms with E-state index in [1.54, 1.807) is 30.3 Å². The average molecular weight is 541 g/mol. The van der Waals surface area contributed by atoms with Crippen LogP contribution in [0, 0.1) is 11.6 Å². The molecular weight excluding hydrogens is 522 g/mol. The smallest absolute Gasteiger partial charge is 0.339 e. The van der Waals surface area contributed by atoms with E-state index >= 15 is 0 Å². The summed E-state index contributed by atoms with van der Waals surface area (Å²) in [5.41, 5.74) is 1.70. The number of benzene rings is 3. The maximum Gasteiger partial charge on any atom is 0.339 e. The van der Waals surface area contributed by atoms with Crippen molar-refractivity contribution in [2.45, 2.75) is 6.42 Å². The fourth-order valence-electron chi connectivity index (χ4n) is 3.55. The van der Waals surface area contributed by atoms with E-state index in [0.717, 1.165) is 30.0 Å². The molecule has 11 heteroatoms. The quantitative estimate of drug-likeness (QED) is 0.277. The molecule has 2 amide bonds. The number of hydrogen-bond donors (Lipinski definition) is 3. The molecule has 0 bridgehead atoms. The SMILES string of the molecule is O=C(CCN1C(=O)/C(=C/c2cccc(-c3ccc(F)c(F)c3)c2)SC1=S)Nc1ccc(C(=O)O)c(O)c1. The highest BCUT2D eigenvalue weighted by molar-refractivity contribution is 8.26. The molecule has 37 heavy (non-hydrogen) atoms. The van der Waals surface area contributed by atoms with Crippen LogP contribution in [-0.4, -0.2) is 43.8 Å². The van der Waals surface area contributed by atoms with E-state index in [1.807, 2.05) is 0 Å². The van der Waals surface area contributed by atoms with Crippen molar-refractivity contribution in [1.82, 2.24) is 4.90 Å². The summed E-state index contributed by atoms with van der Waals surface area (Å²) in [7, 11) is 0. The van der Waals surface area contributed by atoms with Gasteiger partial charge >= 0.3 is 5.97 Å². The van der Waals surface area contributed by atoms with Gasteiger partial charge in [-0.2, -0.15) is 0 Å². The molecule has 0 aromatic heterocycles. The first kappa shape index (κ1) is 26.0. The number of rotatable bonds is 7. The van der Waals surface area contributed by atoms with E-state index in [-0.39, 0.29) is 34.4 Å². The molecule has 1 fully saturated rings. The van der Waals surface area contributed by atoms with Gasteiger partial charge in [0, 0.05) is 24.7 Å². The Kier molecular flexibility index (Phi) is 7.65. The lowest BCUT2D eigenvalue weighted by Crippen LogP contribution is -2.31. The van der Waals surface area contributed by atoms with Crippen LogP contribution < -0.4 is 5.32 Å². The van der Waals surface area contributed by atoms with Crippen molar-refractivity contribution in [3.63, 3.8) is 0 Å². The summed E-state index contributed by atoms with van der Waals surface area (Å²) >= 11 is 6.39. The number of halogens is 2. The molecule has 4 rings (SSSR count). The second-order valence-electron chi connectivity index (χ2n) is 7.92. The van der Waals surface area contributed by atoms with Crippen LogP contribution in [0.4, 0.5) is 14.5 Å². The molecule has 0 atom stereocenters. The van der Waals surface area contributed by atoms with Crippen LogP contribution in [-0.2, 0) is 9.59 Å². The Morgan fingerprint density at radius 1 is 1.03 bits per heavy atom. The number of amides is 2. The molecule has 0 unspecified atom stereocenters. The van der Waals surface area contributed by atoms with Gasteiger partial charge in [-0.1, -0.05) is 48.2 Å². The molecular formula is C26H18F2N2O5S2. The molecule has 3 aromatic carbocycles. The second kappa shape index (κ2) is 10.9. The summed E-state index contributed by atoms with van der Waals surface area (Å²) in [6, 6.07) is 14.2. The third-order valence-electron chi connectivity index (χ3n) is 5.39. The average Bonchev–Trinajstić information content (AvgIpc) is 3.11. The van der Waals surface area contributed by atoms with Crippen molar-refractivity contribution in [1.29, 1.82) is 0 Å². The lowest BCUT2D eigenvalue weighted by Gasteiger charge is -2.14. The predicted octanol–water partition coefficient (Wildman–Crippen LogP) is 5.27. The van der Waals surface area contributed by atoms with Gasteiger partial charge < -0.3 is 15.5 Å². The van der Waals surface area contributed by atoms with Gasteiger partial charge in [-0.05, 0) is 53.1 Å². The number of nitrogens with one attached hydrogen (secondary N) is 1.